The second-order valence-electron chi connectivity index (χ2n) is 34.0. The molecule has 15 aliphatic rings. The molecule has 0 radical (unpaired) electrons. The fraction of sp³-hybridized carbons (Fsp3) is 0.667. The predicted octanol–water partition coefficient (Wildman–Crippen LogP) is 18.4. The minimum absolute atomic E-state index is 0.0101. The normalized spacial score (nSPS) is 39.0. The Morgan fingerprint density at radius 2 is 0.619 bits per heavy atom. The van der Waals surface area contributed by atoms with Crippen LogP contribution in [0.1, 0.15) is 246 Å². The highest BCUT2D eigenvalue weighted by atomic mass is 19.4. The van der Waals surface area contributed by atoms with Crippen LogP contribution in [-0.2, 0) is 59.2 Å². The number of halogens is 5. The summed E-state index contributed by atoms with van der Waals surface area (Å²) in [6.07, 6.45) is 24.4. The van der Waals surface area contributed by atoms with Gasteiger partial charge < -0.3 is 48.2 Å². The third-order valence-electron chi connectivity index (χ3n) is 29.9. The highest BCUT2D eigenvalue weighted by Crippen LogP contribution is 2.62. The zero-order valence-corrected chi connectivity index (χ0v) is 60.6. The Kier molecular flexibility index (Phi) is 14.5. The van der Waals surface area contributed by atoms with Gasteiger partial charge >= 0.3 is 13.0 Å². The van der Waals surface area contributed by atoms with E-state index >= 15 is 0 Å². The van der Waals surface area contributed by atoms with Gasteiger partial charge in [0.1, 0.15) is 28.7 Å². The van der Waals surface area contributed by atoms with Crippen molar-refractivity contribution in [2.75, 3.05) is 88.8 Å². The number of likely N-dealkylation sites (tertiary alicyclic amines) is 5. The van der Waals surface area contributed by atoms with Crippen molar-refractivity contribution in [1.29, 1.82) is 0 Å². The topological polar surface area (TPSA) is 62.4 Å². The first-order chi connectivity index (χ1) is 59.6. The van der Waals surface area contributed by atoms with Crippen molar-refractivity contribution in [3.63, 3.8) is 0 Å². The van der Waals surface area contributed by atoms with Crippen LogP contribution in [0, 0.1) is 29.6 Å². The highest BCUT2D eigenvalue weighted by Gasteiger charge is 2.59. The van der Waals surface area contributed by atoms with Gasteiger partial charge in [-0.3, -0.25) is 0 Å². The smallest absolute Gasteiger partial charge is 0.497 e. The van der Waals surface area contributed by atoms with E-state index in [2.05, 4.69) is 9.47 Å². The van der Waals surface area contributed by atoms with Crippen LogP contribution >= 0.6 is 0 Å². The Bertz CT molecular complexity index is 4360. The van der Waals surface area contributed by atoms with E-state index in [4.69, 9.17) is 44.4 Å². The van der Waals surface area contributed by atoms with Crippen molar-refractivity contribution < 1.29 is 75.8 Å². The van der Waals surface area contributed by atoms with Crippen LogP contribution in [-0.4, -0.2) is 156 Å². The monoisotopic (exact) mass is 1470 g/mol. The number of piperidine rings is 5. The van der Waals surface area contributed by atoms with Gasteiger partial charge in [-0.1, -0.05) is 94.5 Å². The van der Waals surface area contributed by atoms with Gasteiger partial charge in [-0.15, -0.1) is 13.2 Å². The Morgan fingerprint density at radius 1 is 0.352 bits per heavy atom. The number of nitrogens with zero attached hydrogens (tertiary/aromatic N) is 5. The number of benzene rings is 5. The summed E-state index contributed by atoms with van der Waals surface area (Å²) in [5.41, 5.74) is 11.2. The summed E-state index contributed by atoms with van der Waals surface area (Å²) in [5, 5.41) is 0. The molecule has 20 rings (SSSR count). The highest BCUT2D eigenvalue weighted by molar-refractivity contribution is 5.51. The van der Waals surface area contributed by atoms with Gasteiger partial charge in [0.25, 0.3) is 0 Å². The second kappa shape index (κ2) is 29.4. The molecule has 15 heteroatoms. The molecule has 0 amide bonds. The Morgan fingerprint density at radius 3 is 0.886 bits per heavy atom. The number of alkyl halides is 5. The van der Waals surface area contributed by atoms with Crippen molar-refractivity contribution in [3.8, 4) is 28.7 Å². The van der Waals surface area contributed by atoms with Crippen LogP contribution in [0.15, 0.2) is 91.0 Å². The fourth-order valence-electron chi connectivity index (χ4n) is 25.5. The molecule has 5 aromatic rings. The molecule has 105 heavy (non-hydrogen) atoms. The largest absolute Gasteiger partial charge is 0.573 e. The summed E-state index contributed by atoms with van der Waals surface area (Å²) in [5.74, 6) is 3.13. The van der Waals surface area contributed by atoms with Gasteiger partial charge in [-0.25, -0.2) is 0 Å². The van der Waals surface area contributed by atoms with Gasteiger partial charge in [-0.05, 0) is 342 Å². The Hall–Kier alpha value is -5.45. The number of likely N-dealkylation sites (N-methyl/N-ethyl adjacent to an activating group) is 5. The molecule has 10 aliphatic carbocycles. The van der Waals surface area contributed by atoms with E-state index in [0.29, 0.717) is 93.4 Å². The fourth-order valence-corrected chi connectivity index (χ4v) is 25.5. The molecule has 0 N–H and O–H groups in total. The number of methoxy groups -OCH3 is 3. The first-order valence-electron chi connectivity index (χ1n) is 50.9. The first-order valence-corrected chi connectivity index (χ1v) is 39.6. The molecule has 5 aromatic carbocycles. The van der Waals surface area contributed by atoms with Gasteiger partial charge in [0.05, 0.1) is 30.8 Å². The summed E-state index contributed by atoms with van der Waals surface area (Å²) < 4.78 is 258. The Labute approximate surface area is 655 Å². The van der Waals surface area contributed by atoms with E-state index in [1.807, 2.05) is 54.6 Å². The van der Waals surface area contributed by atoms with Crippen LogP contribution in [0.3, 0.4) is 0 Å². The van der Waals surface area contributed by atoms with Crippen LogP contribution < -0.4 is 23.7 Å². The maximum Gasteiger partial charge on any atom is 0.573 e. The van der Waals surface area contributed by atoms with E-state index in [9.17, 15) is 22.0 Å². The van der Waals surface area contributed by atoms with Crippen molar-refractivity contribution in [2.24, 2.45) is 29.6 Å². The van der Waals surface area contributed by atoms with E-state index in [0.717, 1.165) is 169 Å². The molecule has 5 heterocycles. The molecule has 5 aliphatic heterocycles. The number of hydrogen-bond donors (Lipinski definition) is 0. The number of rotatable bonds is 6. The lowest BCUT2D eigenvalue weighted by atomic mass is 9.52. The van der Waals surface area contributed by atoms with Crippen molar-refractivity contribution in [1.82, 2.24) is 24.5 Å². The van der Waals surface area contributed by atoms with E-state index < -0.39 is 69.0 Å². The minimum Gasteiger partial charge on any atom is -0.497 e. The molecule has 10 bridgehead atoms. The summed E-state index contributed by atoms with van der Waals surface area (Å²) in [6.45, 7) is -10.4. The second-order valence-corrected chi connectivity index (χ2v) is 34.0. The SMILES string of the molecule is [2H]C([2H])([2H])N1CC[C@@]23CCCC[C@@H]2C1Cc1ccc(OC(F)(F)F)cc13.[2H]C([2H])([2H])N1CC[C@@]23CCCC[C@@H]2C1Cc1ccc(OC(F)F)cc13.[2H]C([2H])([2H])Oc1ccc2c(c1)[C@]13CCCC[C@@H]1C(C2)N(C([2H])([2H])[2H])CC3.[2H]C([2H])Oc1ccc2c(c1)[C@]13CCCC[C@@H]1C(C2)N(C([2H])([2H])[2H])CC3.[2H]C([2H])Oc1ccc2c(c1)[C@]13CCCC[C@@H]1C(C2)N(C([2H])([2H])[2H])CC3. The standard InChI is InChI=1S/C18H22F3NO.C18H23F2NO.3C18H25NO/c1-22-9-8-17-7-3-2-4-14(17)16(22)10-12-5-6-13(11-15(12)17)23-18(19,20)21;1-21-9-8-18-7-3-2-4-14(18)16(21)10-12-5-6-13(11-15(12)18)22-17(19)20;3*1-19-10-9-18-8-4-3-5-15(18)17(19)11-13-6-7-14(20-2)12-16(13)18/h5-6,11,14,16H,2-4,7-10H2,1H3;5-6,11,14,16-17H,2-4,7-10H2,1H3;3*6-7,12,15,17H,3-5,8-11H2,1-2H3/t14-,16?,17+;14-,16?,18+;3*15-,17?,18+/m11111/s1/i2*1D3;1D3,2D3;2*1D3,2D2. The van der Waals surface area contributed by atoms with E-state index in [1.54, 1.807) is 54.8 Å². The predicted molar refractivity (Wildman–Crippen MR) is 407 cm³/mol. The molecule has 5 saturated heterocycles. The van der Waals surface area contributed by atoms with Gasteiger partial charge in [-0.2, -0.15) is 8.78 Å². The maximum atomic E-state index is 12.6. The number of ether oxygens (including phenoxy) is 5. The average molecular weight is 1470 g/mol. The van der Waals surface area contributed by atoms with Crippen LogP contribution in [0.25, 0.3) is 0 Å². The third kappa shape index (κ3) is 13.1. The van der Waals surface area contributed by atoms with Crippen LogP contribution in [0.5, 0.6) is 28.7 Å². The molecule has 5 unspecified atom stereocenters. The quantitative estimate of drug-likeness (QED) is 0.154. The van der Waals surface area contributed by atoms with Crippen molar-refractivity contribution in [3.05, 3.63) is 147 Å². The number of hydrogen-bond acceptors (Lipinski definition) is 10. The van der Waals surface area contributed by atoms with E-state index in [-0.39, 0.29) is 80.6 Å². The summed E-state index contributed by atoms with van der Waals surface area (Å²) >= 11 is 0. The lowest BCUT2D eigenvalue weighted by Gasteiger charge is -2.58. The Balaban J connectivity index is 0.000000117. The maximum absolute atomic E-state index is 12.6. The number of fused-ring (bicyclic) bond motifs is 5. The summed E-state index contributed by atoms with van der Waals surface area (Å²) in [4.78, 5) is 8.60. The molecule has 0 aromatic heterocycles. The molecular weight excluding hydrogens is 1330 g/mol. The molecule has 570 valence electrons. The first kappa shape index (κ1) is 51.9. The lowest BCUT2D eigenvalue weighted by molar-refractivity contribution is -0.274. The zero-order chi connectivity index (χ0) is 90.9. The van der Waals surface area contributed by atoms with Crippen LogP contribution in [0.2, 0.25) is 0 Å². The van der Waals surface area contributed by atoms with Crippen molar-refractivity contribution in [2.45, 2.75) is 263 Å². The molecule has 10 nitrogen and oxygen atoms in total. The molecule has 5 saturated carbocycles. The molecule has 0 spiro atoms. The minimum atomic E-state index is -4.71. The molecular formula is C90H120F5N5O5. The average Bonchev–Trinajstić information content (AvgIpc) is 0.732. The summed E-state index contributed by atoms with van der Waals surface area (Å²) in [7, 11) is -5.11. The van der Waals surface area contributed by atoms with Gasteiger partial charge in [0, 0.05) is 77.8 Å². The van der Waals surface area contributed by atoms with Gasteiger partial charge in [0.15, 0.2) is 0 Å². The third-order valence-corrected chi connectivity index (χ3v) is 29.9. The van der Waals surface area contributed by atoms with Crippen LogP contribution in [0.4, 0.5) is 22.0 Å². The zero-order valence-electron chi connectivity index (χ0n) is 82.6. The summed E-state index contributed by atoms with van der Waals surface area (Å²) in [6, 6.07) is 27.3. The molecule has 15 atom stereocenters. The lowest BCUT2D eigenvalue weighted by Crippen LogP contribution is -2.59. The van der Waals surface area contributed by atoms with E-state index in [1.165, 1.54) is 59.6 Å². The molecule has 10 fully saturated rings. The van der Waals surface area contributed by atoms with Crippen molar-refractivity contribution >= 4 is 0 Å². The van der Waals surface area contributed by atoms with Gasteiger partial charge in [0.2, 0.25) is 0 Å².